The minimum atomic E-state index is -3.68. The van der Waals surface area contributed by atoms with Crippen LogP contribution < -0.4 is 4.74 Å². The number of Topliss-reactive ketones (excluding diaryl/α,β-unsaturated/α-hetero) is 1. The van der Waals surface area contributed by atoms with E-state index in [0.29, 0.717) is 5.75 Å². The monoisotopic (exact) mass is 314 g/mol. The molecule has 1 aromatic carbocycles. The van der Waals surface area contributed by atoms with E-state index in [1.54, 1.807) is 12.1 Å². The third-order valence-corrected chi connectivity index (χ3v) is 4.38. The van der Waals surface area contributed by atoms with Crippen molar-refractivity contribution in [1.29, 1.82) is 0 Å². The second-order valence-corrected chi connectivity index (χ2v) is 6.73. The Morgan fingerprint density at radius 2 is 1.86 bits per heavy atom. The number of benzene rings is 1. The Balaban J connectivity index is 2.83. The Kier molecular flexibility index (Phi) is 5.90. The molecule has 116 valence electrons. The Labute approximate surface area is 124 Å². The summed E-state index contributed by atoms with van der Waals surface area (Å²) in [5, 5.41) is 0. The van der Waals surface area contributed by atoms with Crippen molar-refractivity contribution in [1.82, 2.24) is 0 Å². The maximum Gasteiger partial charge on any atom is 0.306 e. The molecule has 0 fully saturated rings. The van der Waals surface area contributed by atoms with Gasteiger partial charge in [0.1, 0.15) is 11.5 Å². The van der Waals surface area contributed by atoms with Crippen molar-refractivity contribution in [3.8, 4) is 5.75 Å². The number of carbonyl (C=O) groups excluding carboxylic acids is 2. The SMILES string of the molecule is COC(=O)CCS(=O)(=O)CC(=O)c1ccc(C)cc1OC. The molecule has 0 aliphatic carbocycles. The van der Waals surface area contributed by atoms with Crippen molar-refractivity contribution in [3.63, 3.8) is 0 Å². The van der Waals surface area contributed by atoms with Gasteiger partial charge in [-0.05, 0) is 24.6 Å². The summed E-state index contributed by atoms with van der Waals surface area (Å²) < 4.78 is 33.1. The van der Waals surface area contributed by atoms with Gasteiger partial charge < -0.3 is 9.47 Å². The lowest BCUT2D eigenvalue weighted by Gasteiger charge is -2.09. The molecule has 0 heterocycles. The standard InChI is InChI=1S/C14H18O6S/c1-10-4-5-11(13(8-10)19-2)12(15)9-21(17,18)7-6-14(16)20-3/h4-5,8H,6-7,9H2,1-3H3. The Hall–Kier alpha value is -1.89. The summed E-state index contributed by atoms with van der Waals surface area (Å²) in [6, 6.07) is 4.90. The van der Waals surface area contributed by atoms with Crippen molar-refractivity contribution in [2.75, 3.05) is 25.7 Å². The van der Waals surface area contributed by atoms with Crippen molar-refractivity contribution in [2.24, 2.45) is 0 Å². The van der Waals surface area contributed by atoms with Gasteiger partial charge in [-0.2, -0.15) is 0 Å². The van der Waals surface area contributed by atoms with Gasteiger partial charge in [0, 0.05) is 0 Å². The van der Waals surface area contributed by atoms with E-state index in [2.05, 4.69) is 4.74 Å². The summed E-state index contributed by atoms with van der Waals surface area (Å²) in [4.78, 5) is 23.1. The molecule has 1 rings (SSSR count). The van der Waals surface area contributed by atoms with Gasteiger partial charge in [-0.25, -0.2) is 8.42 Å². The van der Waals surface area contributed by atoms with Gasteiger partial charge >= 0.3 is 5.97 Å². The van der Waals surface area contributed by atoms with Crippen LogP contribution in [0.1, 0.15) is 22.3 Å². The van der Waals surface area contributed by atoms with Gasteiger partial charge in [0.25, 0.3) is 0 Å². The fourth-order valence-electron chi connectivity index (χ4n) is 1.72. The Morgan fingerprint density at radius 3 is 2.43 bits per heavy atom. The van der Waals surface area contributed by atoms with Crippen LogP contribution in [0, 0.1) is 6.92 Å². The van der Waals surface area contributed by atoms with E-state index in [1.807, 2.05) is 6.92 Å². The highest BCUT2D eigenvalue weighted by atomic mass is 32.2. The maximum absolute atomic E-state index is 12.1. The fourth-order valence-corrected chi connectivity index (χ4v) is 2.90. The lowest BCUT2D eigenvalue weighted by Crippen LogP contribution is -2.21. The number of sulfone groups is 1. The number of ketones is 1. The average molecular weight is 314 g/mol. The number of esters is 1. The van der Waals surface area contributed by atoms with E-state index in [1.165, 1.54) is 20.3 Å². The molecule has 0 saturated carbocycles. The quantitative estimate of drug-likeness (QED) is 0.554. The van der Waals surface area contributed by atoms with Crippen molar-refractivity contribution >= 4 is 21.6 Å². The smallest absolute Gasteiger partial charge is 0.306 e. The van der Waals surface area contributed by atoms with Crippen LogP contribution in [-0.4, -0.2) is 45.9 Å². The molecule has 0 N–H and O–H groups in total. The van der Waals surface area contributed by atoms with E-state index in [9.17, 15) is 18.0 Å². The molecule has 0 saturated heterocycles. The van der Waals surface area contributed by atoms with Gasteiger partial charge in [0.05, 0.1) is 32.0 Å². The number of hydrogen-bond acceptors (Lipinski definition) is 6. The third-order valence-electron chi connectivity index (χ3n) is 2.85. The summed E-state index contributed by atoms with van der Waals surface area (Å²) in [6.45, 7) is 1.84. The first kappa shape index (κ1) is 17.2. The summed E-state index contributed by atoms with van der Waals surface area (Å²) in [5.74, 6) is -1.93. The first-order valence-electron chi connectivity index (χ1n) is 6.24. The van der Waals surface area contributed by atoms with E-state index < -0.39 is 33.1 Å². The van der Waals surface area contributed by atoms with Crippen LogP contribution in [0.5, 0.6) is 5.75 Å². The average Bonchev–Trinajstić information content (AvgIpc) is 2.43. The molecule has 7 heteroatoms. The van der Waals surface area contributed by atoms with Gasteiger partial charge in [-0.15, -0.1) is 0 Å². The number of rotatable bonds is 7. The maximum atomic E-state index is 12.1. The van der Waals surface area contributed by atoms with Crippen LogP contribution in [0.4, 0.5) is 0 Å². The van der Waals surface area contributed by atoms with E-state index in [-0.39, 0.29) is 12.0 Å². The normalized spacial score (nSPS) is 11.0. The molecule has 6 nitrogen and oxygen atoms in total. The molecular formula is C14H18O6S. The molecular weight excluding hydrogens is 296 g/mol. The highest BCUT2D eigenvalue weighted by Crippen LogP contribution is 2.21. The molecule has 0 aliphatic rings. The van der Waals surface area contributed by atoms with Crippen LogP contribution in [0.3, 0.4) is 0 Å². The van der Waals surface area contributed by atoms with E-state index in [0.717, 1.165) is 5.56 Å². The Bertz CT molecular complexity index is 633. The summed E-state index contributed by atoms with van der Waals surface area (Å²) in [6.07, 6.45) is -0.267. The first-order chi connectivity index (χ1) is 9.79. The number of ether oxygens (including phenoxy) is 2. The third kappa shape index (κ3) is 5.18. The molecule has 1 aromatic rings. The summed E-state index contributed by atoms with van der Waals surface area (Å²) >= 11 is 0. The van der Waals surface area contributed by atoms with Crippen molar-refractivity contribution in [2.45, 2.75) is 13.3 Å². The molecule has 0 atom stereocenters. The zero-order chi connectivity index (χ0) is 16.0. The van der Waals surface area contributed by atoms with Gasteiger partial charge in [-0.1, -0.05) is 6.07 Å². The second-order valence-electron chi connectivity index (χ2n) is 4.55. The van der Waals surface area contributed by atoms with Crippen LogP contribution in [0.25, 0.3) is 0 Å². The molecule has 0 aliphatic heterocycles. The van der Waals surface area contributed by atoms with Gasteiger partial charge in [0.2, 0.25) is 0 Å². The zero-order valence-electron chi connectivity index (χ0n) is 12.2. The highest BCUT2D eigenvalue weighted by Gasteiger charge is 2.21. The van der Waals surface area contributed by atoms with Crippen LogP contribution in [0.15, 0.2) is 18.2 Å². The number of methoxy groups -OCH3 is 2. The minimum Gasteiger partial charge on any atom is -0.496 e. The highest BCUT2D eigenvalue weighted by molar-refractivity contribution is 7.92. The largest absolute Gasteiger partial charge is 0.496 e. The van der Waals surface area contributed by atoms with Crippen molar-refractivity contribution < 1.29 is 27.5 Å². The summed E-state index contributed by atoms with van der Waals surface area (Å²) in [7, 11) is -1.08. The van der Waals surface area contributed by atoms with Crippen LogP contribution >= 0.6 is 0 Å². The van der Waals surface area contributed by atoms with E-state index in [4.69, 9.17) is 4.74 Å². The van der Waals surface area contributed by atoms with Crippen molar-refractivity contribution in [3.05, 3.63) is 29.3 Å². The van der Waals surface area contributed by atoms with Crippen LogP contribution in [-0.2, 0) is 19.4 Å². The predicted octanol–water partition coefficient (Wildman–Crippen LogP) is 1.16. The molecule has 0 spiro atoms. The predicted molar refractivity (Wildman–Crippen MR) is 77.3 cm³/mol. The lowest BCUT2D eigenvalue weighted by atomic mass is 10.1. The summed E-state index contributed by atoms with van der Waals surface area (Å²) in [5.41, 5.74) is 1.11. The molecule has 0 unspecified atom stereocenters. The van der Waals surface area contributed by atoms with Crippen LogP contribution in [0.2, 0.25) is 0 Å². The van der Waals surface area contributed by atoms with E-state index >= 15 is 0 Å². The first-order valence-corrected chi connectivity index (χ1v) is 8.06. The molecule has 21 heavy (non-hydrogen) atoms. The molecule has 0 bridgehead atoms. The second kappa shape index (κ2) is 7.21. The topological polar surface area (TPSA) is 86.7 Å². The molecule has 0 radical (unpaired) electrons. The number of aryl methyl sites for hydroxylation is 1. The fraction of sp³-hybridized carbons (Fsp3) is 0.429. The minimum absolute atomic E-state index is 0.213. The van der Waals surface area contributed by atoms with Gasteiger partial charge in [-0.3, -0.25) is 9.59 Å². The lowest BCUT2D eigenvalue weighted by molar-refractivity contribution is -0.140. The molecule has 0 aromatic heterocycles. The number of carbonyl (C=O) groups is 2. The Morgan fingerprint density at radius 1 is 1.19 bits per heavy atom. The van der Waals surface area contributed by atoms with Gasteiger partial charge in [0.15, 0.2) is 15.6 Å². The zero-order valence-corrected chi connectivity index (χ0v) is 13.0. The molecule has 0 amide bonds. The number of hydrogen-bond donors (Lipinski definition) is 0.